The first kappa shape index (κ1) is 18.2. The van der Waals surface area contributed by atoms with Crippen LogP contribution in [0.2, 0.25) is 0 Å². The zero-order chi connectivity index (χ0) is 19.7. The number of hydrogen-bond acceptors (Lipinski definition) is 5. The first-order valence-electron chi connectivity index (χ1n) is 9.51. The van der Waals surface area contributed by atoms with Crippen molar-refractivity contribution >= 4 is 11.6 Å². The molecule has 4 rings (SSSR count). The molecule has 1 aromatic heterocycles. The zero-order valence-electron chi connectivity index (χ0n) is 16.3. The van der Waals surface area contributed by atoms with Crippen molar-refractivity contribution in [3.05, 3.63) is 59.5 Å². The summed E-state index contributed by atoms with van der Waals surface area (Å²) in [6.45, 7) is 7.09. The fraction of sp³-hybridized carbons (Fsp3) is 0.318. The van der Waals surface area contributed by atoms with Crippen LogP contribution in [0.1, 0.15) is 36.3 Å². The first-order valence-corrected chi connectivity index (χ1v) is 9.51. The summed E-state index contributed by atoms with van der Waals surface area (Å²) < 4.78 is 11.2. The minimum Gasteiger partial charge on any atom is -0.493 e. The summed E-state index contributed by atoms with van der Waals surface area (Å²) in [5, 5.41) is 4.14. The highest BCUT2D eigenvalue weighted by Gasteiger charge is 2.36. The lowest BCUT2D eigenvalue weighted by Crippen LogP contribution is -2.26. The Morgan fingerprint density at radius 2 is 1.89 bits per heavy atom. The molecule has 2 heterocycles. The average Bonchev–Trinajstić information content (AvgIpc) is 3.30. The van der Waals surface area contributed by atoms with Gasteiger partial charge in [0.1, 0.15) is 5.75 Å². The lowest BCUT2D eigenvalue weighted by molar-refractivity contribution is -0.117. The maximum atomic E-state index is 12.7. The molecular formula is C22H23N3O3. The summed E-state index contributed by atoms with van der Waals surface area (Å²) in [4.78, 5) is 19.1. The molecule has 0 spiro atoms. The molecule has 1 amide bonds. The third kappa shape index (κ3) is 3.26. The van der Waals surface area contributed by atoms with E-state index in [-0.39, 0.29) is 11.8 Å². The number of aryl methyl sites for hydroxylation is 2. The first-order chi connectivity index (χ1) is 13.6. The Kier molecular flexibility index (Phi) is 4.86. The molecule has 0 saturated carbocycles. The number of para-hydroxylation sites is 2. The predicted octanol–water partition coefficient (Wildman–Crippen LogP) is 4.27. The molecule has 2 aromatic carbocycles. The highest BCUT2D eigenvalue weighted by Crippen LogP contribution is 2.36. The standard InChI is InChI=1S/C22H23N3O3/c1-4-27-18-11-6-5-10-17(18)21-23-22(28-24-21)16-12-19(26)25(13-16)20-14(2)8-7-9-15(20)3/h5-11,16H,4,12-13H2,1-3H3/t16-/m1/s1. The minimum atomic E-state index is -0.119. The van der Waals surface area contributed by atoms with E-state index in [0.29, 0.717) is 31.3 Å². The van der Waals surface area contributed by atoms with Crippen LogP contribution in [0.25, 0.3) is 11.4 Å². The van der Waals surface area contributed by atoms with Gasteiger partial charge in [-0.05, 0) is 44.0 Å². The number of carbonyl (C=O) groups excluding carboxylic acids is 1. The third-order valence-corrected chi connectivity index (χ3v) is 5.05. The number of amides is 1. The second-order valence-corrected chi connectivity index (χ2v) is 7.03. The average molecular weight is 377 g/mol. The molecule has 0 radical (unpaired) electrons. The smallest absolute Gasteiger partial charge is 0.232 e. The van der Waals surface area contributed by atoms with Gasteiger partial charge in [-0.3, -0.25) is 4.79 Å². The van der Waals surface area contributed by atoms with Gasteiger partial charge >= 0.3 is 0 Å². The topological polar surface area (TPSA) is 68.5 Å². The van der Waals surface area contributed by atoms with E-state index >= 15 is 0 Å². The van der Waals surface area contributed by atoms with E-state index in [2.05, 4.69) is 10.1 Å². The third-order valence-electron chi connectivity index (χ3n) is 5.05. The van der Waals surface area contributed by atoms with E-state index in [9.17, 15) is 4.79 Å². The Hall–Kier alpha value is -3.15. The van der Waals surface area contributed by atoms with Crippen LogP contribution in [0.5, 0.6) is 5.75 Å². The summed E-state index contributed by atoms with van der Waals surface area (Å²) in [6, 6.07) is 13.7. The van der Waals surface area contributed by atoms with Gasteiger partial charge in [0.2, 0.25) is 17.6 Å². The van der Waals surface area contributed by atoms with Crippen molar-refractivity contribution in [3.63, 3.8) is 0 Å². The Bertz CT molecular complexity index is 992. The van der Waals surface area contributed by atoms with Crippen LogP contribution in [0.3, 0.4) is 0 Å². The monoisotopic (exact) mass is 377 g/mol. The minimum absolute atomic E-state index is 0.0804. The molecule has 0 aliphatic carbocycles. The second kappa shape index (κ2) is 7.46. The number of rotatable bonds is 5. The maximum Gasteiger partial charge on any atom is 0.232 e. The molecule has 0 unspecified atom stereocenters. The molecule has 144 valence electrons. The normalized spacial score (nSPS) is 16.6. The SMILES string of the molecule is CCOc1ccccc1-c1noc([C@@H]2CC(=O)N(c3c(C)cccc3C)C2)n1. The lowest BCUT2D eigenvalue weighted by atomic mass is 10.1. The molecule has 1 aliphatic rings. The largest absolute Gasteiger partial charge is 0.493 e. The Balaban J connectivity index is 1.60. The summed E-state index contributed by atoms with van der Waals surface area (Å²) in [5.41, 5.74) is 3.95. The fourth-order valence-electron chi connectivity index (χ4n) is 3.76. The van der Waals surface area contributed by atoms with Gasteiger partial charge in [-0.15, -0.1) is 0 Å². The number of ether oxygens (including phenoxy) is 1. The van der Waals surface area contributed by atoms with E-state index in [1.165, 1.54) is 0 Å². The van der Waals surface area contributed by atoms with Crippen molar-refractivity contribution in [3.8, 4) is 17.1 Å². The van der Waals surface area contributed by atoms with Gasteiger partial charge in [-0.25, -0.2) is 0 Å². The lowest BCUT2D eigenvalue weighted by Gasteiger charge is -2.21. The summed E-state index contributed by atoms with van der Waals surface area (Å²) in [7, 11) is 0. The van der Waals surface area contributed by atoms with Crippen LogP contribution in [-0.2, 0) is 4.79 Å². The summed E-state index contributed by atoms with van der Waals surface area (Å²) in [6.07, 6.45) is 0.364. The van der Waals surface area contributed by atoms with E-state index in [1.54, 1.807) is 0 Å². The maximum absolute atomic E-state index is 12.7. The van der Waals surface area contributed by atoms with E-state index in [0.717, 1.165) is 28.1 Å². The van der Waals surface area contributed by atoms with Crippen LogP contribution < -0.4 is 9.64 Å². The number of hydrogen-bond donors (Lipinski definition) is 0. The van der Waals surface area contributed by atoms with Crippen LogP contribution in [0.15, 0.2) is 47.0 Å². The molecular weight excluding hydrogens is 354 g/mol. The summed E-state index contributed by atoms with van der Waals surface area (Å²) in [5.74, 6) is 1.65. The number of benzene rings is 2. The second-order valence-electron chi connectivity index (χ2n) is 7.03. The Morgan fingerprint density at radius 1 is 1.14 bits per heavy atom. The highest BCUT2D eigenvalue weighted by atomic mass is 16.5. The summed E-state index contributed by atoms with van der Waals surface area (Å²) >= 11 is 0. The highest BCUT2D eigenvalue weighted by molar-refractivity contribution is 5.97. The van der Waals surface area contributed by atoms with Crippen molar-refractivity contribution in [1.29, 1.82) is 0 Å². The van der Waals surface area contributed by atoms with Crippen LogP contribution >= 0.6 is 0 Å². The molecule has 0 N–H and O–H groups in total. The van der Waals surface area contributed by atoms with Crippen molar-refractivity contribution < 1.29 is 14.1 Å². The Morgan fingerprint density at radius 3 is 2.64 bits per heavy atom. The van der Waals surface area contributed by atoms with E-state index in [1.807, 2.05) is 68.1 Å². The molecule has 1 aliphatic heterocycles. The molecule has 1 fully saturated rings. The molecule has 1 saturated heterocycles. The van der Waals surface area contributed by atoms with Crippen molar-refractivity contribution in [2.24, 2.45) is 0 Å². The van der Waals surface area contributed by atoms with E-state index < -0.39 is 0 Å². The molecule has 3 aromatic rings. The van der Waals surface area contributed by atoms with Gasteiger partial charge < -0.3 is 14.2 Å². The van der Waals surface area contributed by atoms with Gasteiger partial charge in [0.25, 0.3) is 0 Å². The van der Waals surface area contributed by atoms with Crippen molar-refractivity contribution in [1.82, 2.24) is 10.1 Å². The zero-order valence-corrected chi connectivity index (χ0v) is 16.3. The molecule has 6 heteroatoms. The van der Waals surface area contributed by atoms with Gasteiger partial charge in [0.15, 0.2) is 0 Å². The fourth-order valence-corrected chi connectivity index (χ4v) is 3.76. The molecule has 28 heavy (non-hydrogen) atoms. The molecule has 0 bridgehead atoms. The van der Waals surface area contributed by atoms with Crippen molar-refractivity contribution in [2.45, 2.75) is 33.1 Å². The van der Waals surface area contributed by atoms with Crippen LogP contribution in [0.4, 0.5) is 5.69 Å². The number of carbonyl (C=O) groups is 1. The van der Waals surface area contributed by atoms with Gasteiger partial charge in [0, 0.05) is 18.7 Å². The van der Waals surface area contributed by atoms with Gasteiger partial charge in [-0.2, -0.15) is 4.98 Å². The predicted molar refractivity (Wildman–Crippen MR) is 107 cm³/mol. The number of anilines is 1. The van der Waals surface area contributed by atoms with Crippen molar-refractivity contribution in [2.75, 3.05) is 18.1 Å². The number of aromatic nitrogens is 2. The molecule has 1 atom stereocenters. The quantitative estimate of drug-likeness (QED) is 0.664. The van der Waals surface area contributed by atoms with Crippen LogP contribution in [0, 0.1) is 13.8 Å². The van der Waals surface area contributed by atoms with E-state index in [4.69, 9.17) is 9.26 Å². The Labute approximate surface area is 164 Å². The van der Waals surface area contributed by atoms with Gasteiger partial charge in [0.05, 0.1) is 18.1 Å². The molecule has 6 nitrogen and oxygen atoms in total. The van der Waals surface area contributed by atoms with Crippen LogP contribution in [-0.4, -0.2) is 29.2 Å². The van der Waals surface area contributed by atoms with Gasteiger partial charge in [-0.1, -0.05) is 35.5 Å². The number of nitrogens with zero attached hydrogens (tertiary/aromatic N) is 3.